The summed E-state index contributed by atoms with van der Waals surface area (Å²) in [6, 6.07) is 7.43. The molecule has 1 aliphatic rings. The van der Waals surface area contributed by atoms with Crippen molar-refractivity contribution < 1.29 is 19.0 Å². The molecule has 0 N–H and O–H groups in total. The van der Waals surface area contributed by atoms with E-state index in [0.717, 1.165) is 5.75 Å². The number of fused-ring (bicyclic) bond motifs is 1. The predicted octanol–water partition coefficient (Wildman–Crippen LogP) is 1.39. The Morgan fingerprint density at radius 2 is 2.20 bits per heavy atom. The van der Waals surface area contributed by atoms with Gasteiger partial charge in [-0.3, -0.25) is 4.79 Å². The highest BCUT2D eigenvalue weighted by Gasteiger charge is 2.21. The Hall–Kier alpha value is -1.71. The number of para-hydroxylation sites is 2. The molecule has 0 spiro atoms. The van der Waals surface area contributed by atoms with Crippen LogP contribution in [0.4, 0.5) is 0 Å². The van der Waals surface area contributed by atoms with E-state index >= 15 is 0 Å². The molecule has 0 saturated heterocycles. The summed E-state index contributed by atoms with van der Waals surface area (Å²) in [5, 5.41) is 0. The van der Waals surface area contributed by atoms with E-state index in [0.29, 0.717) is 12.4 Å². The summed E-state index contributed by atoms with van der Waals surface area (Å²) in [5.74, 6) is 1.12. The second kappa shape index (κ2) is 4.21. The third-order valence-electron chi connectivity index (χ3n) is 2.04. The number of hydrogen-bond acceptors (Lipinski definition) is 4. The third-order valence-corrected chi connectivity index (χ3v) is 2.04. The van der Waals surface area contributed by atoms with Crippen LogP contribution in [0.2, 0.25) is 0 Å². The standard InChI is InChI=1S/C11H12O4/c1-8(12)13-6-9-7-14-10-4-2-3-5-11(10)15-9/h2-5,9H,6-7H2,1H3/t9-/m1/s1. The van der Waals surface area contributed by atoms with Crippen LogP contribution in [0.15, 0.2) is 24.3 Å². The molecule has 1 heterocycles. The van der Waals surface area contributed by atoms with Gasteiger partial charge in [0.15, 0.2) is 17.6 Å². The number of benzene rings is 1. The second-order valence-corrected chi connectivity index (χ2v) is 3.30. The maximum atomic E-state index is 10.6. The van der Waals surface area contributed by atoms with Gasteiger partial charge in [0.2, 0.25) is 0 Å². The lowest BCUT2D eigenvalue weighted by Crippen LogP contribution is -2.33. The predicted molar refractivity (Wildman–Crippen MR) is 53.0 cm³/mol. The number of hydrogen-bond donors (Lipinski definition) is 0. The molecule has 1 atom stereocenters. The normalized spacial score (nSPS) is 18.3. The van der Waals surface area contributed by atoms with Gasteiger partial charge < -0.3 is 14.2 Å². The summed E-state index contributed by atoms with van der Waals surface area (Å²) in [6.45, 7) is 2.01. The molecule has 4 nitrogen and oxygen atoms in total. The summed E-state index contributed by atoms with van der Waals surface area (Å²) < 4.78 is 15.9. The lowest BCUT2D eigenvalue weighted by atomic mass is 10.3. The van der Waals surface area contributed by atoms with Gasteiger partial charge in [-0.05, 0) is 12.1 Å². The minimum Gasteiger partial charge on any atom is -0.486 e. The molecule has 0 bridgehead atoms. The Morgan fingerprint density at radius 3 is 2.93 bits per heavy atom. The lowest BCUT2D eigenvalue weighted by Gasteiger charge is -2.25. The van der Waals surface area contributed by atoms with Crippen molar-refractivity contribution in [2.45, 2.75) is 13.0 Å². The van der Waals surface area contributed by atoms with Crippen LogP contribution < -0.4 is 9.47 Å². The molecule has 0 amide bonds. The summed E-state index contributed by atoms with van der Waals surface area (Å²) >= 11 is 0. The van der Waals surface area contributed by atoms with Gasteiger partial charge in [-0.1, -0.05) is 12.1 Å². The molecule has 1 aromatic carbocycles. The highest BCUT2D eigenvalue weighted by Crippen LogP contribution is 2.30. The highest BCUT2D eigenvalue weighted by atomic mass is 16.6. The maximum absolute atomic E-state index is 10.6. The van der Waals surface area contributed by atoms with Crippen LogP contribution >= 0.6 is 0 Å². The van der Waals surface area contributed by atoms with Gasteiger partial charge >= 0.3 is 5.97 Å². The average molecular weight is 208 g/mol. The second-order valence-electron chi connectivity index (χ2n) is 3.30. The summed E-state index contributed by atoms with van der Waals surface area (Å²) in [4.78, 5) is 10.6. The van der Waals surface area contributed by atoms with Crippen LogP contribution in [0, 0.1) is 0 Å². The van der Waals surface area contributed by atoms with Crippen LogP contribution in [-0.2, 0) is 9.53 Å². The number of carbonyl (C=O) groups is 1. The van der Waals surface area contributed by atoms with E-state index in [9.17, 15) is 4.79 Å². The fourth-order valence-electron chi connectivity index (χ4n) is 1.36. The molecule has 80 valence electrons. The maximum Gasteiger partial charge on any atom is 0.302 e. The Balaban J connectivity index is 1.96. The minimum atomic E-state index is -0.308. The first-order valence-electron chi connectivity index (χ1n) is 4.77. The van der Waals surface area contributed by atoms with E-state index in [2.05, 4.69) is 0 Å². The largest absolute Gasteiger partial charge is 0.486 e. The number of esters is 1. The molecule has 0 fully saturated rings. The first-order valence-corrected chi connectivity index (χ1v) is 4.77. The Labute approximate surface area is 87.8 Å². The van der Waals surface area contributed by atoms with E-state index in [1.54, 1.807) is 0 Å². The van der Waals surface area contributed by atoms with Gasteiger partial charge in [-0.2, -0.15) is 0 Å². The highest BCUT2D eigenvalue weighted by molar-refractivity contribution is 5.65. The molecule has 2 rings (SSSR count). The molecule has 15 heavy (non-hydrogen) atoms. The summed E-state index contributed by atoms with van der Waals surface area (Å²) in [5.41, 5.74) is 0. The Morgan fingerprint density at radius 1 is 1.47 bits per heavy atom. The van der Waals surface area contributed by atoms with Gasteiger partial charge in [-0.25, -0.2) is 0 Å². The lowest BCUT2D eigenvalue weighted by molar-refractivity contribution is -0.144. The van der Waals surface area contributed by atoms with Crippen LogP contribution in [0.25, 0.3) is 0 Å². The summed E-state index contributed by atoms with van der Waals surface area (Å²) in [6.07, 6.45) is -0.219. The summed E-state index contributed by atoms with van der Waals surface area (Å²) in [7, 11) is 0. The first kappa shape index (κ1) is 9.83. The van der Waals surface area contributed by atoms with Crippen molar-refractivity contribution in [2.24, 2.45) is 0 Å². The van der Waals surface area contributed by atoms with Crippen molar-refractivity contribution >= 4 is 5.97 Å². The van der Waals surface area contributed by atoms with Crippen molar-refractivity contribution in [3.8, 4) is 11.5 Å². The minimum absolute atomic E-state index is 0.219. The van der Waals surface area contributed by atoms with Crippen LogP contribution in [0.5, 0.6) is 11.5 Å². The topological polar surface area (TPSA) is 44.8 Å². The molecule has 1 aliphatic heterocycles. The zero-order chi connectivity index (χ0) is 10.7. The number of rotatable bonds is 2. The Kier molecular flexibility index (Phi) is 2.76. The van der Waals surface area contributed by atoms with Crippen molar-refractivity contribution in [1.82, 2.24) is 0 Å². The zero-order valence-electron chi connectivity index (χ0n) is 8.43. The van der Waals surface area contributed by atoms with E-state index in [1.807, 2.05) is 24.3 Å². The fraction of sp³-hybridized carbons (Fsp3) is 0.364. The van der Waals surface area contributed by atoms with E-state index in [1.165, 1.54) is 6.92 Å². The molecule has 0 aromatic heterocycles. The van der Waals surface area contributed by atoms with Crippen molar-refractivity contribution in [3.63, 3.8) is 0 Å². The van der Waals surface area contributed by atoms with Gasteiger partial charge in [0.1, 0.15) is 13.2 Å². The van der Waals surface area contributed by atoms with Gasteiger partial charge in [0.25, 0.3) is 0 Å². The van der Waals surface area contributed by atoms with Crippen molar-refractivity contribution in [2.75, 3.05) is 13.2 Å². The molecule has 0 saturated carbocycles. The van der Waals surface area contributed by atoms with Crippen LogP contribution in [-0.4, -0.2) is 25.3 Å². The molecule has 0 unspecified atom stereocenters. The molecule has 0 radical (unpaired) electrons. The smallest absolute Gasteiger partial charge is 0.302 e. The molecular weight excluding hydrogens is 196 g/mol. The van der Waals surface area contributed by atoms with Gasteiger partial charge in [-0.15, -0.1) is 0 Å². The average Bonchev–Trinajstić information content (AvgIpc) is 2.26. The van der Waals surface area contributed by atoms with E-state index in [-0.39, 0.29) is 18.7 Å². The monoisotopic (exact) mass is 208 g/mol. The van der Waals surface area contributed by atoms with Crippen molar-refractivity contribution in [3.05, 3.63) is 24.3 Å². The molecule has 0 aliphatic carbocycles. The first-order chi connectivity index (χ1) is 7.25. The molecular formula is C11H12O4. The van der Waals surface area contributed by atoms with Crippen molar-refractivity contribution in [1.29, 1.82) is 0 Å². The SMILES string of the molecule is CC(=O)OC[C@@H]1COc2ccccc2O1. The van der Waals surface area contributed by atoms with Crippen LogP contribution in [0.1, 0.15) is 6.92 Å². The van der Waals surface area contributed by atoms with E-state index in [4.69, 9.17) is 14.2 Å². The molecule has 1 aromatic rings. The molecule has 4 heteroatoms. The third kappa shape index (κ3) is 2.40. The zero-order valence-corrected chi connectivity index (χ0v) is 8.43. The fourth-order valence-corrected chi connectivity index (χ4v) is 1.36. The van der Waals surface area contributed by atoms with Gasteiger partial charge in [0, 0.05) is 6.92 Å². The number of ether oxygens (including phenoxy) is 3. The number of carbonyl (C=O) groups excluding carboxylic acids is 1. The van der Waals surface area contributed by atoms with Crippen LogP contribution in [0.3, 0.4) is 0 Å². The Bertz CT molecular complexity index is 361. The van der Waals surface area contributed by atoms with E-state index < -0.39 is 0 Å². The quantitative estimate of drug-likeness (QED) is 0.689. The van der Waals surface area contributed by atoms with Gasteiger partial charge in [0.05, 0.1) is 0 Å².